The molecule has 1 amide bonds. The number of nitrogens with zero attached hydrogens (tertiary/aromatic N) is 4. The molecule has 2 aromatic rings. The van der Waals surface area contributed by atoms with E-state index in [0.717, 1.165) is 36.6 Å². The molecule has 0 bridgehead atoms. The minimum atomic E-state index is -0.687. The van der Waals surface area contributed by atoms with Crippen LogP contribution in [0.5, 0.6) is 0 Å². The summed E-state index contributed by atoms with van der Waals surface area (Å²) in [5.74, 6) is 0.0548. The van der Waals surface area contributed by atoms with Gasteiger partial charge >= 0.3 is 0 Å². The monoisotopic (exact) mass is 404 g/mol. The number of amides is 1. The van der Waals surface area contributed by atoms with Crippen LogP contribution in [0.3, 0.4) is 0 Å². The van der Waals surface area contributed by atoms with Gasteiger partial charge in [0.2, 0.25) is 0 Å². The summed E-state index contributed by atoms with van der Waals surface area (Å²) in [6.07, 6.45) is 0.661. The smallest absolute Gasteiger partial charge is 0.261 e. The Hall–Kier alpha value is -2.70. The molecule has 2 atom stereocenters. The number of β-amino-alcohol motifs (C(OH)–C–C–N with tert-alkyl or cyclic N) is 1. The molecule has 1 spiro atoms. The largest absolute Gasteiger partial charge is 0.395 e. The number of fused-ring (bicyclic) bond motifs is 4. The molecular weight excluding hydrogens is 376 g/mol. The van der Waals surface area contributed by atoms with Crippen molar-refractivity contribution in [3.05, 3.63) is 59.7 Å². The van der Waals surface area contributed by atoms with Crippen molar-refractivity contribution in [3.63, 3.8) is 0 Å². The number of hydrazone groups is 1. The maximum atomic E-state index is 14.0. The number of rotatable bonds is 3. The van der Waals surface area contributed by atoms with Gasteiger partial charge in [-0.25, -0.2) is 0 Å². The minimum Gasteiger partial charge on any atom is -0.395 e. The Bertz CT molecular complexity index is 1000. The van der Waals surface area contributed by atoms with Crippen LogP contribution in [-0.4, -0.2) is 60.5 Å². The lowest BCUT2D eigenvalue weighted by atomic mass is 9.67. The van der Waals surface area contributed by atoms with Crippen molar-refractivity contribution >= 4 is 23.0 Å². The average Bonchev–Trinajstić information content (AvgIpc) is 3.00. The van der Waals surface area contributed by atoms with Gasteiger partial charge < -0.3 is 10.0 Å². The summed E-state index contributed by atoms with van der Waals surface area (Å²) in [4.78, 5) is 18.7. The lowest BCUT2D eigenvalue weighted by Crippen LogP contribution is -2.67. The molecule has 156 valence electrons. The van der Waals surface area contributed by atoms with E-state index in [1.54, 1.807) is 5.01 Å². The number of anilines is 2. The van der Waals surface area contributed by atoms with E-state index in [1.165, 1.54) is 11.3 Å². The number of aliphatic hydroxyl groups excluding tert-OH is 1. The number of carbonyl (C=O) groups excluding carboxylic acids is 1. The van der Waals surface area contributed by atoms with Crippen LogP contribution in [0.1, 0.15) is 18.1 Å². The van der Waals surface area contributed by atoms with Crippen molar-refractivity contribution < 1.29 is 9.90 Å². The maximum Gasteiger partial charge on any atom is 0.261 e. The number of para-hydroxylation sites is 1. The zero-order chi connectivity index (χ0) is 20.9. The number of hydrogen-bond acceptors (Lipinski definition) is 5. The molecule has 0 radical (unpaired) electrons. The standard InChI is InChI=1S/C24H28N4O2/c1-17-7-9-20(10-8-17)28-23(30)24(18(2)25-28)15-19-5-3-4-6-21(19)27-12-11-26(13-14-29)16-22(24)27/h3-10,22,29H,11-16H2,1-2H3/t22-,24+/m1/s1. The Kier molecular flexibility index (Phi) is 4.64. The van der Waals surface area contributed by atoms with Gasteiger partial charge in [-0.05, 0) is 44.0 Å². The van der Waals surface area contributed by atoms with E-state index in [9.17, 15) is 9.90 Å². The second-order valence-corrected chi connectivity index (χ2v) is 8.65. The molecule has 0 aliphatic carbocycles. The third-order valence-corrected chi connectivity index (χ3v) is 6.97. The van der Waals surface area contributed by atoms with Crippen molar-refractivity contribution in [2.24, 2.45) is 10.5 Å². The van der Waals surface area contributed by atoms with Crippen molar-refractivity contribution in [1.82, 2.24) is 4.90 Å². The van der Waals surface area contributed by atoms with Gasteiger partial charge in [0.25, 0.3) is 5.91 Å². The van der Waals surface area contributed by atoms with E-state index in [2.05, 4.69) is 34.1 Å². The predicted molar refractivity (Wildman–Crippen MR) is 119 cm³/mol. The van der Waals surface area contributed by atoms with E-state index < -0.39 is 5.41 Å². The fraction of sp³-hybridized carbons (Fsp3) is 0.417. The van der Waals surface area contributed by atoms with Gasteiger partial charge in [0, 0.05) is 31.9 Å². The Balaban J connectivity index is 1.59. The highest BCUT2D eigenvalue weighted by molar-refractivity contribution is 6.20. The molecule has 1 N–H and O–H groups in total. The third-order valence-electron chi connectivity index (χ3n) is 6.97. The highest BCUT2D eigenvalue weighted by Crippen LogP contribution is 2.48. The quantitative estimate of drug-likeness (QED) is 0.854. The molecule has 5 rings (SSSR count). The molecule has 2 aromatic carbocycles. The van der Waals surface area contributed by atoms with Gasteiger partial charge in [0.1, 0.15) is 5.41 Å². The SMILES string of the molecule is CC1=NN(c2ccc(C)cc2)C(=O)[C@@]12Cc1ccccc1N1CCN(CCO)C[C@@H]12. The van der Waals surface area contributed by atoms with Gasteiger partial charge in [-0.15, -0.1) is 0 Å². The summed E-state index contributed by atoms with van der Waals surface area (Å²) >= 11 is 0. The van der Waals surface area contributed by atoms with E-state index in [-0.39, 0.29) is 18.6 Å². The van der Waals surface area contributed by atoms with E-state index in [0.29, 0.717) is 13.0 Å². The third kappa shape index (κ3) is 2.78. The molecule has 3 aliphatic heterocycles. The average molecular weight is 405 g/mol. The Labute approximate surface area is 177 Å². The molecule has 6 nitrogen and oxygen atoms in total. The van der Waals surface area contributed by atoms with Crippen molar-refractivity contribution in [1.29, 1.82) is 0 Å². The summed E-state index contributed by atoms with van der Waals surface area (Å²) in [5, 5.41) is 15.9. The fourth-order valence-corrected chi connectivity index (χ4v) is 5.33. The highest BCUT2D eigenvalue weighted by Gasteiger charge is 2.59. The molecule has 0 aromatic heterocycles. The van der Waals surface area contributed by atoms with E-state index >= 15 is 0 Å². The molecule has 1 fully saturated rings. The maximum absolute atomic E-state index is 14.0. The van der Waals surface area contributed by atoms with Crippen LogP contribution < -0.4 is 9.91 Å². The van der Waals surface area contributed by atoms with E-state index in [4.69, 9.17) is 5.10 Å². The van der Waals surface area contributed by atoms with Gasteiger partial charge in [-0.1, -0.05) is 35.9 Å². The second-order valence-electron chi connectivity index (χ2n) is 8.65. The summed E-state index contributed by atoms with van der Waals surface area (Å²) in [6, 6.07) is 16.4. The van der Waals surface area contributed by atoms with Gasteiger partial charge in [0.05, 0.1) is 24.0 Å². The molecule has 0 saturated carbocycles. The molecule has 0 unspecified atom stereocenters. The molecule has 3 heterocycles. The Morgan fingerprint density at radius 1 is 1.10 bits per heavy atom. The first-order valence-corrected chi connectivity index (χ1v) is 10.7. The van der Waals surface area contributed by atoms with Crippen LogP contribution >= 0.6 is 0 Å². The lowest BCUT2D eigenvalue weighted by molar-refractivity contribution is -0.125. The topological polar surface area (TPSA) is 59.4 Å². The highest BCUT2D eigenvalue weighted by atomic mass is 16.3. The van der Waals surface area contributed by atoms with Crippen LogP contribution in [0.2, 0.25) is 0 Å². The zero-order valence-electron chi connectivity index (χ0n) is 17.6. The van der Waals surface area contributed by atoms with Crippen LogP contribution in [0.4, 0.5) is 11.4 Å². The summed E-state index contributed by atoms with van der Waals surface area (Å²) in [7, 11) is 0. The molecule has 6 heteroatoms. The summed E-state index contributed by atoms with van der Waals surface area (Å²) in [6.45, 7) is 7.28. The van der Waals surface area contributed by atoms with Crippen LogP contribution in [0, 0.1) is 12.3 Å². The molecular formula is C24H28N4O2. The first-order chi connectivity index (χ1) is 14.5. The van der Waals surface area contributed by atoms with Crippen molar-refractivity contribution in [3.8, 4) is 0 Å². The number of hydrogen-bond donors (Lipinski definition) is 1. The van der Waals surface area contributed by atoms with Crippen molar-refractivity contribution in [2.75, 3.05) is 42.7 Å². The fourth-order valence-electron chi connectivity index (χ4n) is 5.33. The zero-order valence-corrected chi connectivity index (χ0v) is 17.6. The number of benzene rings is 2. The normalized spacial score (nSPS) is 26.0. The first-order valence-electron chi connectivity index (χ1n) is 10.7. The summed E-state index contributed by atoms with van der Waals surface area (Å²) < 4.78 is 0. The van der Waals surface area contributed by atoms with Crippen molar-refractivity contribution in [2.45, 2.75) is 26.3 Å². The van der Waals surface area contributed by atoms with E-state index in [1.807, 2.05) is 38.1 Å². The molecule has 3 aliphatic rings. The number of piperazine rings is 1. The number of aryl methyl sites for hydroxylation is 1. The lowest BCUT2D eigenvalue weighted by Gasteiger charge is -2.53. The van der Waals surface area contributed by atoms with Gasteiger partial charge in [0.15, 0.2) is 0 Å². The number of carbonyl (C=O) groups is 1. The minimum absolute atomic E-state index is 0.000557. The number of aliphatic hydroxyl groups is 1. The second kappa shape index (κ2) is 7.22. The molecule has 30 heavy (non-hydrogen) atoms. The van der Waals surface area contributed by atoms with Crippen LogP contribution in [-0.2, 0) is 11.2 Å². The van der Waals surface area contributed by atoms with Gasteiger partial charge in [-0.3, -0.25) is 9.69 Å². The van der Waals surface area contributed by atoms with Crippen LogP contribution in [0.15, 0.2) is 53.6 Å². The molecule has 1 saturated heterocycles. The Morgan fingerprint density at radius 2 is 1.87 bits per heavy atom. The first kappa shape index (κ1) is 19.3. The summed E-state index contributed by atoms with van der Waals surface area (Å²) in [5.41, 5.74) is 4.60. The Morgan fingerprint density at radius 3 is 2.63 bits per heavy atom. The van der Waals surface area contributed by atoms with Crippen LogP contribution in [0.25, 0.3) is 0 Å². The van der Waals surface area contributed by atoms with Gasteiger partial charge in [-0.2, -0.15) is 10.1 Å². The predicted octanol–water partition coefficient (Wildman–Crippen LogP) is 2.44.